The second-order valence-corrected chi connectivity index (χ2v) is 5.59. The van der Waals surface area contributed by atoms with Gasteiger partial charge in [0.25, 0.3) is 0 Å². The highest BCUT2D eigenvalue weighted by molar-refractivity contribution is 5.92. The van der Waals surface area contributed by atoms with Gasteiger partial charge in [-0.05, 0) is 32.0 Å². The summed E-state index contributed by atoms with van der Waals surface area (Å²) in [5.74, 6) is 0.276. The van der Waals surface area contributed by atoms with Crippen LogP contribution in [0.15, 0.2) is 41.9 Å². The third-order valence-corrected chi connectivity index (χ3v) is 3.97. The van der Waals surface area contributed by atoms with E-state index < -0.39 is 0 Å². The van der Waals surface area contributed by atoms with E-state index in [2.05, 4.69) is 20.7 Å². The van der Waals surface area contributed by atoms with Crippen LogP contribution in [0.25, 0.3) is 0 Å². The van der Waals surface area contributed by atoms with Crippen LogP contribution < -0.4 is 10.6 Å². The molecule has 0 saturated carbocycles. The van der Waals surface area contributed by atoms with E-state index in [4.69, 9.17) is 4.74 Å². The normalized spacial score (nSPS) is 16.5. The Hall–Kier alpha value is -2.67. The second-order valence-electron chi connectivity index (χ2n) is 5.59. The van der Waals surface area contributed by atoms with Gasteiger partial charge in [-0.15, -0.1) is 0 Å². The highest BCUT2D eigenvalue weighted by Gasteiger charge is 2.34. The molecule has 0 amide bonds. The Morgan fingerprint density at radius 3 is 2.79 bits per heavy atom. The smallest absolute Gasteiger partial charge is 0.338 e. The molecule has 7 heteroatoms. The SMILES string of the molecule is CCOC(=O)C1=C(C)Nc2ncnn2C1c1ccc(CNC)cc1. The van der Waals surface area contributed by atoms with E-state index in [1.807, 2.05) is 38.2 Å². The number of benzene rings is 1. The highest BCUT2D eigenvalue weighted by atomic mass is 16.5. The molecule has 0 bridgehead atoms. The molecule has 3 rings (SSSR count). The first-order valence-corrected chi connectivity index (χ1v) is 7.93. The lowest BCUT2D eigenvalue weighted by Crippen LogP contribution is -2.29. The molecule has 1 aliphatic heterocycles. The summed E-state index contributed by atoms with van der Waals surface area (Å²) in [6.07, 6.45) is 1.48. The summed E-state index contributed by atoms with van der Waals surface area (Å²) in [5.41, 5.74) is 3.42. The third kappa shape index (κ3) is 2.90. The molecule has 0 radical (unpaired) electrons. The van der Waals surface area contributed by atoms with Crippen LogP contribution >= 0.6 is 0 Å². The molecule has 0 aliphatic carbocycles. The lowest BCUT2D eigenvalue weighted by Gasteiger charge is -2.28. The highest BCUT2D eigenvalue weighted by Crippen LogP contribution is 2.35. The molecule has 126 valence electrons. The van der Waals surface area contributed by atoms with Gasteiger partial charge in [-0.3, -0.25) is 0 Å². The molecule has 0 fully saturated rings. The largest absolute Gasteiger partial charge is 0.463 e. The number of nitrogens with one attached hydrogen (secondary N) is 2. The fraction of sp³-hybridized carbons (Fsp3) is 0.353. The number of ether oxygens (including phenoxy) is 1. The number of hydrogen-bond acceptors (Lipinski definition) is 6. The zero-order valence-corrected chi connectivity index (χ0v) is 14.0. The van der Waals surface area contributed by atoms with Gasteiger partial charge in [0.2, 0.25) is 5.95 Å². The molecular formula is C17H21N5O2. The van der Waals surface area contributed by atoms with Gasteiger partial charge in [0.05, 0.1) is 12.2 Å². The van der Waals surface area contributed by atoms with Crippen LogP contribution in [0.3, 0.4) is 0 Å². The second kappa shape index (κ2) is 6.84. The molecule has 1 aromatic carbocycles. The van der Waals surface area contributed by atoms with Crippen LogP contribution in [0.4, 0.5) is 5.95 Å². The van der Waals surface area contributed by atoms with Crippen LogP contribution in [-0.4, -0.2) is 34.4 Å². The van der Waals surface area contributed by atoms with Crippen molar-refractivity contribution in [3.05, 3.63) is 53.0 Å². The number of allylic oxidation sites excluding steroid dienone is 1. The number of carbonyl (C=O) groups is 1. The summed E-state index contributed by atoms with van der Waals surface area (Å²) in [4.78, 5) is 16.7. The first kappa shape index (κ1) is 16.2. The number of esters is 1. The predicted molar refractivity (Wildman–Crippen MR) is 90.3 cm³/mol. The van der Waals surface area contributed by atoms with Crippen molar-refractivity contribution in [1.29, 1.82) is 0 Å². The molecule has 1 unspecified atom stereocenters. The number of hydrogen-bond donors (Lipinski definition) is 2. The molecule has 0 saturated heterocycles. The number of anilines is 1. The van der Waals surface area contributed by atoms with Crippen molar-refractivity contribution in [3.8, 4) is 0 Å². The van der Waals surface area contributed by atoms with Gasteiger partial charge >= 0.3 is 5.97 Å². The van der Waals surface area contributed by atoms with Gasteiger partial charge in [0, 0.05) is 12.2 Å². The van der Waals surface area contributed by atoms with Crippen molar-refractivity contribution < 1.29 is 9.53 Å². The van der Waals surface area contributed by atoms with E-state index in [9.17, 15) is 4.79 Å². The van der Waals surface area contributed by atoms with Crippen LogP contribution in [-0.2, 0) is 16.1 Å². The molecule has 2 aromatic rings. The van der Waals surface area contributed by atoms with Gasteiger partial charge < -0.3 is 15.4 Å². The van der Waals surface area contributed by atoms with Gasteiger partial charge in [0.15, 0.2) is 0 Å². The Bertz CT molecular complexity index is 764. The van der Waals surface area contributed by atoms with E-state index >= 15 is 0 Å². The summed E-state index contributed by atoms with van der Waals surface area (Å²) in [6, 6.07) is 7.76. The average molecular weight is 327 g/mol. The maximum absolute atomic E-state index is 12.5. The van der Waals surface area contributed by atoms with Gasteiger partial charge in [0.1, 0.15) is 12.4 Å². The minimum atomic E-state index is -0.355. The molecule has 24 heavy (non-hydrogen) atoms. The lowest BCUT2D eigenvalue weighted by molar-refractivity contribution is -0.139. The number of fused-ring (bicyclic) bond motifs is 1. The minimum absolute atomic E-state index is 0.327. The standard InChI is InChI=1S/C17H21N5O2/c1-4-24-16(23)14-11(2)21-17-19-10-20-22(17)15(14)13-7-5-12(6-8-13)9-18-3/h5-8,10,15,18H,4,9H2,1-3H3,(H,19,20,21). The molecule has 1 atom stereocenters. The fourth-order valence-electron chi connectivity index (χ4n) is 2.89. The van der Waals surface area contributed by atoms with Crippen molar-refractivity contribution in [2.45, 2.75) is 26.4 Å². The topological polar surface area (TPSA) is 81.1 Å². The van der Waals surface area contributed by atoms with Crippen LogP contribution in [0, 0.1) is 0 Å². The Morgan fingerprint density at radius 2 is 2.12 bits per heavy atom. The van der Waals surface area contributed by atoms with E-state index in [-0.39, 0.29) is 12.0 Å². The lowest BCUT2D eigenvalue weighted by atomic mass is 9.95. The number of nitrogens with zero attached hydrogens (tertiary/aromatic N) is 3. The van der Waals surface area contributed by atoms with Crippen molar-refractivity contribution in [1.82, 2.24) is 20.1 Å². The third-order valence-electron chi connectivity index (χ3n) is 3.97. The van der Waals surface area contributed by atoms with E-state index in [0.717, 1.165) is 17.8 Å². The van der Waals surface area contributed by atoms with Crippen molar-refractivity contribution in [3.63, 3.8) is 0 Å². The Morgan fingerprint density at radius 1 is 1.38 bits per heavy atom. The molecular weight excluding hydrogens is 306 g/mol. The summed E-state index contributed by atoms with van der Waals surface area (Å²) in [5, 5.41) is 10.5. The van der Waals surface area contributed by atoms with Crippen LogP contribution in [0.1, 0.15) is 31.0 Å². The molecule has 0 spiro atoms. The fourth-order valence-corrected chi connectivity index (χ4v) is 2.89. The summed E-state index contributed by atoms with van der Waals surface area (Å²) in [6.45, 7) is 4.77. The Kier molecular flexibility index (Phi) is 4.61. The zero-order chi connectivity index (χ0) is 17.1. The van der Waals surface area contributed by atoms with Crippen molar-refractivity contribution in [2.75, 3.05) is 19.0 Å². The first-order valence-electron chi connectivity index (χ1n) is 7.93. The molecule has 1 aliphatic rings. The maximum Gasteiger partial charge on any atom is 0.338 e. The van der Waals surface area contributed by atoms with Gasteiger partial charge in [-0.1, -0.05) is 24.3 Å². The summed E-state index contributed by atoms with van der Waals surface area (Å²) in [7, 11) is 1.91. The van der Waals surface area contributed by atoms with E-state index in [0.29, 0.717) is 18.1 Å². The molecule has 1 aromatic heterocycles. The Labute approximate surface area is 140 Å². The number of carbonyl (C=O) groups excluding carboxylic acids is 1. The molecule has 7 nitrogen and oxygen atoms in total. The molecule has 2 N–H and O–H groups in total. The van der Waals surface area contributed by atoms with E-state index in [1.54, 1.807) is 11.6 Å². The average Bonchev–Trinajstić information content (AvgIpc) is 3.02. The first-order chi connectivity index (χ1) is 11.7. The van der Waals surface area contributed by atoms with Crippen molar-refractivity contribution >= 4 is 11.9 Å². The van der Waals surface area contributed by atoms with Gasteiger partial charge in [-0.2, -0.15) is 10.1 Å². The summed E-state index contributed by atoms with van der Waals surface area (Å²) >= 11 is 0. The van der Waals surface area contributed by atoms with Crippen molar-refractivity contribution in [2.24, 2.45) is 0 Å². The molecule has 2 heterocycles. The summed E-state index contributed by atoms with van der Waals surface area (Å²) < 4.78 is 6.96. The van der Waals surface area contributed by atoms with Crippen LogP contribution in [0.5, 0.6) is 0 Å². The number of aromatic nitrogens is 3. The predicted octanol–water partition coefficient (Wildman–Crippen LogP) is 1.85. The quantitative estimate of drug-likeness (QED) is 0.816. The van der Waals surface area contributed by atoms with Crippen LogP contribution in [0.2, 0.25) is 0 Å². The minimum Gasteiger partial charge on any atom is -0.463 e. The van der Waals surface area contributed by atoms with E-state index in [1.165, 1.54) is 11.9 Å². The monoisotopic (exact) mass is 327 g/mol. The zero-order valence-electron chi connectivity index (χ0n) is 14.0. The number of rotatable bonds is 5. The maximum atomic E-state index is 12.5. The van der Waals surface area contributed by atoms with Gasteiger partial charge in [-0.25, -0.2) is 9.48 Å². The Balaban J connectivity index is 2.05.